The number of nitrogens with one attached hydrogen (secondary N) is 1. The Morgan fingerprint density at radius 2 is 1.02 bits per heavy atom. The maximum Gasteiger partial charge on any atom is 0.278 e. The number of anilines is 2. The second-order valence-corrected chi connectivity index (χ2v) is 19.5. The maximum atomic E-state index is 13.7. The molecule has 0 fully saturated rings. The van der Waals surface area contributed by atoms with E-state index in [2.05, 4.69) is 4.72 Å². The van der Waals surface area contributed by atoms with Gasteiger partial charge in [-0.2, -0.15) is 16.8 Å². The third-order valence-corrected chi connectivity index (χ3v) is 16.6. The molecule has 278 valence electrons. The van der Waals surface area contributed by atoms with Crippen LogP contribution in [-0.4, -0.2) is 50.0 Å². The van der Waals surface area contributed by atoms with E-state index < -0.39 is 35.9 Å². The Labute approximate surface area is 316 Å². The summed E-state index contributed by atoms with van der Waals surface area (Å²) >= 11 is 2.33. The predicted molar refractivity (Wildman–Crippen MR) is 202 cm³/mol. The van der Waals surface area contributed by atoms with Crippen LogP contribution in [0.25, 0.3) is 0 Å². The molecular weight excluding hydrogens is 781 g/mol. The molecule has 7 rings (SSSR count). The molecule has 0 spiro atoms. The minimum Gasteiger partial charge on any atom is -0.376 e. The third-order valence-electron chi connectivity index (χ3n) is 8.27. The number of sulfonamides is 3. The molecule has 3 aromatic carbocycles. The zero-order valence-corrected chi connectivity index (χ0v) is 32.6. The number of Topliss-reactive ketones (excluding diaryl/α,β-unsaturated/α-hetero) is 2. The molecule has 0 aliphatic carbocycles. The highest BCUT2D eigenvalue weighted by Gasteiger charge is 2.41. The number of hydrogen-bond acceptors (Lipinski definition) is 12. The van der Waals surface area contributed by atoms with Crippen LogP contribution in [0.3, 0.4) is 0 Å². The first-order valence-corrected chi connectivity index (χ1v) is 22.2. The summed E-state index contributed by atoms with van der Waals surface area (Å²) in [6.45, 7) is 4.23. The van der Waals surface area contributed by atoms with Crippen molar-refractivity contribution >= 4 is 74.3 Å². The molecule has 17 heteroatoms. The van der Waals surface area contributed by atoms with Gasteiger partial charge in [-0.1, -0.05) is 54.6 Å². The van der Waals surface area contributed by atoms with E-state index in [1.54, 1.807) is 30.3 Å². The van der Waals surface area contributed by atoms with E-state index >= 15 is 0 Å². The quantitative estimate of drug-likeness (QED) is 0.155. The summed E-state index contributed by atoms with van der Waals surface area (Å²) in [5.74, 6) is -0.580. The SMILES string of the molecule is CC(=O)c1c(N(S(=O)(=O)c2ccccc2)S(=O)(=O)c2ccccc2)sc2c1COCC2.CC(=O)c1c(NS(=O)(=O)c2ccccc2)sc2c1COCC2. The standard InChI is InChI=1S/C21H19NO6S3.C15H15NO4S2/c1-15(23)20-18-14-28-13-12-19(18)29-21(20)22(30(24,25)16-8-4-2-5-9-16)31(26,27)17-10-6-3-7-11-17;1-10(17)14-12-9-20-8-7-13(12)21-15(14)16-22(18,19)11-5-3-2-4-6-11/h2-11H,12-14H2,1H3;2-6,16H,7-9H2,1H3. The van der Waals surface area contributed by atoms with Crippen LogP contribution in [-0.2, 0) is 65.6 Å². The Kier molecular flexibility index (Phi) is 11.4. The lowest BCUT2D eigenvalue weighted by molar-refractivity contribution is 0.0979. The van der Waals surface area contributed by atoms with E-state index in [0.29, 0.717) is 52.5 Å². The zero-order valence-electron chi connectivity index (χ0n) is 28.5. The Morgan fingerprint density at radius 1 is 0.604 bits per heavy atom. The first-order valence-electron chi connectivity index (χ1n) is 16.2. The van der Waals surface area contributed by atoms with Crippen molar-refractivity contribution in [3.05, 3.63) is 123 Å². The normalized spacial score (nSPS) is 14.2. The van der Waals surface area contributed by atoms with Gasteiger partial charge in [-0.15, -0.1) is 26.4 Å². The van der Waals surface area contributed by atoms with Crippen LogP contribution in [0.4, 0.5) is 10.0 Å². The van der Waals surface area contributed by atoms with E-state index in [9.17, 15) is 34.8 Å². The zero-order chi connectivity index (χ0) is 38.0. The Morgan fingerprint density at radius 3 is 1.47 bits per heavy atom. The number of rotatable bonds is 10. The molecule has 1 N–H and O–H groups in total. The van der Waals surface area contributed by atoms with E-state index in [1.807, 2.05) is 0 Å². The summed E-state index contributed by atoms with van der Waals surface area (Å²) in [5.41, 5.74) is 1.86. The number of carbonyl (C=O) groups is 2. The molecule has 0 saturated heterocycles. The average Bonchev–Trinajstić information content (AvgIpc) is 3.70. The van der Waals surface area contributed by atoms with Gasteiger partial charge < -0.3 is 9.47 Å². The average molecular weight is 815 g/mol. The van der Waals surface area contributed by atoms with Crippen LogP contribution >= 0.6 is 22.7 Å². The lowest BCUT2D eigenvalue weighted by Gasteiger charge is -2.24. The Balaban J connectivity index is 0.000000192. The largest absolute Gasteiger partial charge is 0.376 e. The van der Waals surface area contributed by atoms with Crippen molar-refractivity contribution < 1.29 is 44.3 Å². The fourth-order valence-corrected chi connectivity index (χ4v) is 13.9. The molecule has 53 heavy (non-hydrogen) atoms. The van der Waals surface area contributed by atoms with Gasteiger partial charge in [-0.25, -0.2) is 8.42 Å². The summed E-state index contributed by atoms with van der Waals surface area (Å²) in [7, 11) is -12.8. The number of ketones is 2. The lowest BCUT2D eigenvalue weighted by Crippen LogP contribution is -2.37. The molecule has 4 heterocycles. The van der Waals surface area contributed by atoms with Crippen LogP contribution in [0, 0.1) is 0 Å². The number of hydrogen-bond donors (Lipinski definition) is 1. The van der Waals surface area contributed by atoms with Crippen LogP contribution < -0.4 is 8.43 Å². The predicted octanol–water partition coefficient (Wildman–Crippen LogP) is 6.43. The number of benzene rings is 3. The number of thiophene rings is 2. The van der Waals surface area contributed by atoms with Gasteiger partial charge in [0.25, 0.3) is 30.1 Å². The highest BCUT2D eigenvalue weighted by Crippen LogP contribution is 2.44. The van der Waals surface area contributed by atoms with Crippen molar-refractivity contribution in [2.45, 2.75) is 54.6 Å². The minimum absolute atomic E-state index is 0.0683. The van der Waals surface area contributed by atoms with Crippen LogP contribution in [0.1, 0.15) is 55.4 Å². The first kappa shape index (κ1) is 38.5. The number of fused-ring (bicyclic) bond motifs is 2. The van der Waals surface area contributed by atoms with Crippen molar-refractivity contribution in [2.24, 2.45) is 0 Å². The monoisotopic (exact) mass is 814 g/mol. The molecule has 2 aromatic heterocycles. The topological polar surface area (TPSA) is 170 Å². The van der Waals surface area contributed by atoms with Gasteiger partial charge in [0, 0.05) is 33.7 Å². The number of nitrogens with zero attached hydrogens (tertiary/aromatic N) is 1. The highest BCUT2D eigenvalue weighted by atomic mass is 32.3. The molecule has 0 amide bonds. The number of carbonyl (C=O) groups excluding carboxylic acids is 2. The van der Waals surface area contributed by atoms with Gasteiger partial charge in [0.15, 0.2) is 11.6 Å². The lowest BCUT2D eigenvalue weighted by atomic mass is 10.1. The summed E-state index contributed by atoms with van der Waals surface area (Å²) in [4.78, 5) is 26.1. The van der Waals surface area contributed by atoms with Crippen LogP contribution in [0.2, 0.25) is 0 Å². The van der Waals surface area contributed by atoms with Gasteiger partial charge >= 0.3 is 0 Å². The summed E-state index contributed by atoms with van der Waals surface area (Å²) in [5, 5.41) is 0.252. The Bertz CT molecular complexity index is 2410. The number of ether oxygens (including phenoxy) is 2. The van der Waals surface area contributed by atoms with Gasteiger partial charge in [0.2, 0.25) is 0 Å². The fraction of sp³-hybridized carbons (Fsp3) is 0.222. The van der Waals surface area contributed by atoms with Crippen LogP contribution in [0.5, 0.6) is 0 Å². The molecule has 0 radical (unpaired) electrons. The molecule has 2 aliphatic rings. The van der Waals surface area contributed by atoms with Crippen molar-refractivity contribution in [3.63, 3.8) is 0 Å². The van der Waals surface area contributed by atoms with E-state index in [1.165, 1.54) is 85.8 Å². The molecule has 0 bridgehead atoms. The van der Waals surface area contributed by atoms with Gasteiger partial charge in [-0.05, 0) is 50.2 Å². The fourth-order valence-electron chi connectivity index (χ4n) is 5.84. The van der Waals surface area contributed by atoms with Gasteiger partial charge in [0.05, 0.1) is 52.2 Å². The molecule has 5 aromatic rings. The maximum absolute atomic E-state index is 13.7. The smallest absolute Gasteiger partial charge is 0.278 e. The third kappa shape index (κ3) is 7.87. The van der Waals surface area contributed by atoms with Gasteiger partial charge in [0.1, 0.15) is 10.0 Å². The molecule has 2 aliphatic heterocycles. The molecular formula is C36H34N2O10S5. The molecule has 0 unspecified atom stereocenters. The van der Waals surface area contributed by atoms with E-state index in [0.717, 1.165) is 26.7 Å². The molecule has 0 saturated carbocycles. The van der Waals surface area contributed by atoms with Gasteiger partial charge in [-0.3, -0.25) is 14.3 Å². The van der Waals surface area contributed by atoms with Crippen molar-refractivity contribution in [1.82, 2.24) is 0 Å². The molecule has 0 atom stereocenters. The highest BCUT2D eigenvalue weighted by molar-refractivity contribution is 8.10. The van der Waals surface area contributed by atoms with Crippen molar-refractivity contribution in [3.8, 4) is 0 Å². The van der Waals surface area contributed by atoms with Crippen LogP contribution in [0.15, 0.2) is 106 Å². The summed E-state index contributed by atoms with van der Waals surface area (Å²) in [6.07, 6.45) is 1.18. The van der Waals surface area contributed by atoms with Crippen molar-refractivity contribution in [2.75, 3.05) is 21.6 Å². The first-order chi connectivity index (χ1) is 25.2. The summed E-state index contributed by atoms with van der Waals surface area (Å²) < 4.78 is 93.3. The minimum atomic E-state index is -4.55. The van der Waals surface area contributed by atoms with Crippen molar-refractivity contribution in [1.29, 1.82) is 0 Å². The Hall–Kier alpha value is -4.23. The van der Waals surface area contributed by atoms with E-state index in [4.69, 9.17) is 9.47 Å². The molecule has 12 nitrogen and oxygen atoms in total. The second kappa shape index (κ2) is 15.6. The van der Waals surface area contributed by atoms with E-state index in [-0.39, 0.29) is 37.6 Å². The second-order valence-electron chi connectivity index (χ2n) is 11.9. The summed E-state index contributed by atoms with van der Waals surface area (Å²) in [6, 6.07) is 22.7.